The van der Waals surface area contributed by atoms with Gasteiger partial charge in [-0.15, -0.1) is 0 Å². The van der Waals surface area contributed by atoms with Crippen LogP contribution in [0.2, 0.25) is 0 Å². The second kappa shape index (κ2) is 18.6. The summed E-state index contributed by atoms with van der Waals surface area (Å²) in [5.74, 6) is -0.731. The summed E-state index contributed by atoms with van der Waals surface area (Å²) < 4.78 is 37.8. The summed E-state index contributed by atoms with van der Waals surface area (Å²) in [7, 11) is 0. The molecule has 43 heavy (non-hydrogen) atoms. The van der Waals surface area contributed by atoms with Gasteiger partial charge in [0.1, 0.15) is 13.2 Å². The van der Waals surface area contributed by atoms with Gasteiger partial charge in [-0.2, -0.15) is 0 Å². The third-order valence-corrected chi connectivity index (χ3v) is 6.38. The van der Waals surface area contributed by atoms with Crippen LogP contribution in [0, 0.1) is 0 Å². The normalized spacial score (nSPS) is 11.2. The molecule has 0 spiro atoms. The number of fused-ring (bicyclic) bond motifs is 2. The van der Waals surface area contributed by atoms with Gasteiger partial charge in [-0.1, -0.05) is 60.7 Å². The summed E-state index contributed by atoms with van der Waals surface area (Å²) in [5.41, 5.74) is 1.04. The highest BCUT2D eigenvalue weighted by Crippen LogP contribution is 2.17. The number of carbonyl (C=O) groups excluding carboxylic acids is 2. The Bertz CT molecular complexity index is 1310. The van der Waals surface area contributed by atoms with Crippen LogP contribution in [0.1, 0.15) is 20.7 Å². The van der Waals surface area contributed by atoms with E-state index in [0.29, 0.717) is 77.2 Å². The zero-order valence-corrected chi connectivity index (χ0v) is 24.2. The van der Waals surface area contributed by atoms with Crippen molar-refractivity contribution in [3.63, 3.8) is 0 Å². The van der Waals surface area contributed by atoms with Crippen LogP contribution in [0.4, 0.5) is 0 Å². The molecule has 0 saturated carbocycles. The molecule has 0 saturated heterocycles. The van der Waals surface area contributed by atoms with E-state index in [2.05, 4.69) is 0 Å². The van der Waals surface area contributed by atoms with Crippen molar-refractivity contribution in [2.45, 2.75) is 0 Å². The van der Waals surface area contributed by atoms with E-state index in [1.165, 1.54) is 0 Å². The van der Waals surface area contributed by atoms with Gasteiger partial charge in [0.25, 0.3) is 0 Å². The van der Waals surface area contributed by atoms with E-state index in [1.54, 1.807) is 12.1 Å². The van der Waals surface area contributed by atoms with Crippen molar-refractivity contribution in [2.24, 2.45) is 0 Å². The molecule has 9 heteroatoms. The Morgan fingerprint density at radius 1 is 0.372 bits per heavy atom. The van der Waals surface area contributed by atoms with Crippen molar-refractivity contribution < 1.29 is 42.7 Å². The van der Waals surface area contributed by atoms with Crippen molar-refractivity contribution in [3.8, 4) is 0 Å². The monoisotopic (exact) mass is 590 g/mol. The Morgan fingerprint density at radius 2 is 0.674 bits per heavy atom. The largest absolute Gasteiger partial charge is 0.460 e. The average molecular weight is 591 g/mol. The minimum absolute atomic E-state index is 0.180. The first kappa shape index (κ1) is 32.1. The molecule has 4 aromatic carbocycles. The van der Waals surface area contributed by atoms with Crippen LogP contribution >= 0.6 is 0 Å². The maximum atomic E-state index is 12.2. The molecule has 0 aromatic heterocycles. The molecule has 4 aromatic rings. The van der Waals surface area contributed by atoms with E-state index in [-0.39, 0.29) is 25.2 Å². The number of rotatable bonds is 20. The Hall–Kier alpha value is -3.86. The lowest BCUT2D eigenvalue weighted by Crippen LogP contribution is -2.15. The molecule has 0 radical (unpaired) electrons. The molecule has 0 aliphatic carbocycles. The van der Waals surface area contributed by atoms with Crippen LogP contribution in [-0.4, -0.2) is 91.2 Å². The minimum Gasteiger partial charge on any atom is -0.460 e. The van der Waals surface area contributed by atoms with Gasteiger partial charge in [-0.3, -0.25) is 0 Å². The van der Waals surface area contributed by atoms with E-state index >= 15 is 0 Å². The topological polar surface area (TPSA) is 98.8 Å². The average Bonchev–Trinajstić information content (AvgIpc) is 3.05. The minimum atomic E-state index is -0.366. The van der Waals surface area contributed by atoms with Gasteiger partial charge in [0.05, 0.1) is 77.2 Å². The first-order valence-corrected chi connectivity index (χ1v) is 14.4. The maximum Gasteiger partial charge on any atom is 0.338 e. The Kier molecular flexibility index (Phi) is 13.9. The van der Waals surface area contributed by atoms with Gasteiger partial charge in [0.15, 0.2) is 0 Å². The smallest absolute Gasteiger partial charge is 0.338 e. The lowest BCUT2D eigenvalue weighted by atomic mass is 10.1. The lowest BCUT2D eigenvalue weighted by molar-refractivity contribution is -0.0180. The van der Waals surface area contributed by atoms with Gasteiger partial charge >= 0.3 is 11.9 Å². The van der Waals surface area contributed by atoms with Gasteiger partial charge in [0, 0.05) is 0 Å². The van der Waals surface area contributed by atoms with Gasteiger partial charge < -0.3 is 33.2 Å². The molecular weight excluding hydrogens is 552 g/mol. The van der Waals surface area contributed by atoms with Crippen molar-refractivity contribution in [3.05, 3.63) is 96.1 Å². The summed E-state index contributed by atoms with van der Waals surface area (Å²) in [6.07, 6.45) is 0. The van der Waals surface area contributed by atoms with Crippen molar-refractivity contribution in [1.82, 2.24) is 0 Å². The van der Waals surface area contributed by atoms with Gasteiger partial charge in [0.2, 0.25) is 0 Å². The molecule has 0 unspecified atom stereocenters. The Morgan fingerprint density at radius 3 is 1.02 bits per heavy atom. The summed E-state index contributed by atoms with van der Waals surface area (Å²) in [5, 5.41) is 4.15. The first-order valence-electron chi connectivity index (χ1n) is 14.4. The molecule has 0 aliphatic rings. The number of hydrogen-bond acceptors (Lipinski definition) is 9. The fourth-order valence-electron chi connectivity index (χ4n) is 4.17. The molecule has 9 nitrogen and oxygen atoms in total. The fourth-order valence-corrected chi connectivity index (χ4v) is 4.17. The van der Waals surface area contributed by atoms with Crippen molar-refractivity contribution >= 4 is 33.5 Å². The van der Waals surface area contributed by atoms with Crippen molar-refractivity contribution in [2.75, 3.05) is 79.3 Å². The SMILES string of the molecule is O=C(OCCOCCOCCOCCOCCOCCOC(=O)c1ccc2ccccc2c1)c1ccc2ccccc2c1. The maximum absolute atomic E-state index is 12.2. The molecule has 0 N–H and O–H groups in total. The second-order valence-electron chi connectivity index (χ2n) is 9.46. The van der Waals surface area contributed by atoms with Crippen LogP contribution in [0.5, 0.6) is 0 Å². The van der Waals surface area contributed by atoms with E-state index < -0.39 is 0 Å². The molecule has 0 bridgehead atoms. The fraction of sp³-hybridized carbons (Fsp3) is 0.353. The Balaban J connectivity index is 0.879. The first-order chi connectivity index (χ1) is 21.2. The molecule has 0 amide bonds. The third kappa shape index (κ3) is 11.4. The number of hydrogen-bond donors (Lipinski definition) is 0. The van der Waals surface area contributed by atoms with E-state index in [0.717, 1.165) is 21.5 Å². The zero-order chi connectivity index (χ0) is 30.0. The summed E-state index contributed by atoms with van der Waals surface area (Å²) >= 11 is 0. The highest BCUT2D eigenvalue weighted by atomic mass is 16.6. The van der Waals surface area contributed by atoms with Crippen molar-refractivity contribution in [1.29, 1.82) is 0 Å². The molecule has 0 fully saturated rings. The molecular formula is C34H38O9. The highest BCUT2D eigenvalue weighted by molar-refractivity contribution is 5.96. The Labute approximate surface area is 251 Å². The number of carbonyl (C=O) groups is 2. The van der Waals surface area contributed by atoms with Gasteiger partial charge in [-0.25, -0.2) is 9.59 Å². The van der Waals surface area contributed by atoms with E-state index in [1.807, 2.05) is 72.8 Å². The van der Waals surface area contributed by atoms with E-state index in [9.17, 15) is 9.59 Å². The molecule has 4 rings (SSSR count). The molecule has 0 atom stereocenters. The quantitative estimate of drug-likeness (QED) is 0.103. The number of esters is 2. The van der Waals surface area contributed by atoms with Crippen LogP contribution in [0.15, 0.2) is 84.9 Å². The van der Waals surface area contributed by atoms with E-state index in [4.69, 9.17) is 33.2 Å². The second-order valence-corrected chi connectivity index (χ2v) is 9.46. The van der Waals surface area contributed by atoms with Crippen LogP contribution in [0.3, 0.4) is 0 Å². The summed E-state index contributed by atoms with van der Waals surface area (Å²) in [4.78, 5) is 24.4. The van der Waals surface area contributed by atoms with Crippen LogP contribution in [0.25, 0.3) is 21.5 Å². The van der Waals surface area contributed by atoms with Crippen LogP contribution < -0.4 is 0 Å². The molecule has 228 valence electrons. The number of ether oxygens (including phenoxy) is 7. The lowest BCUT2D eigenvalue weighted by Gasteiger charge is -2.09. The third-order valence-electron chi connectivity index (χ3n) is 6.38. The molecule has 0 heterocycles. The predicted octanol–water partition coefficient (Wildman–Crippen LogP) is 5.09. The predicted molar refractivity (Wildman–Crippen MR) is 163 cm³/mol. The standard InChI is InChI=1S/C34H38O9/c35-33(31-11-9-27-5-1-3-7-29(27)25-31)42-23-21-40-19-17-38-15-13-37-14-16-39-18-20-41-22-24-43-34(36)32-12-10-28-6-2-4-8-30(28)26-32/h1-12,25-26H,13-24H2. The molecule has 0 aliphatic heterocycles. The summed E-state index contributed by atoms with van der Waals surface area (Å²) in [6, 6.07) is 26.7. The van der Waals surface area contributed by atoms with Crippen LogP contribution in [-0.2, 0) is 33.2 Å². The zero-order valence-electron chi connectivity index (χ0n) is 24.2. The highest BCUT2D eigenvalue weighted by Gasteiger charge is 2.09. The summed E-state index contributed by atoms with van der Waals surface area (Å²) in [6.45, 7) is 4.41. The van der Waals surface area contributed by atoms with Gasteiger partial charge in [-0.05, 0) is 45.8 Å². The number of benzene rings is 4.